The Morgan fingerprint density at radius 3 is 2.67 bits per heavy atom. The number of carbonyl (C=O) groups is 1. The van der Waals surface area contributed by atoms with Crippen molar-refractivity contribution in [3.05, 3.63) is 35.9 Å². The van der Waals surface area contributed by atoms with E-state index in [9.17, 15) is 4.79 Å². The molecule has 0 spiro atoms. The van der Waals surface area contributed by atoms with Gasteiger partial charge in [0.1, 0.15) is 6.04 Å². The summed E-state index contributed by atoms with van der Waals surface area (Å²) in [6.07, 6.45) is 3.83. The van der Waals surface area contributed by atoms with Crippen LogP contribution in [0, 0.1) is 5.41 Å². The molecule has 0 aromatic heterocycles. The van der Waals surface area contributed by atoms with Gasteiger partial charge in [0, 0.05) is 6.54 Å². The van der Waals surface area contributed by atoms with E-state index in [1.807, 2.05) is 35.2 Å². The number of hydrogen-bond acceptors (Lipinski definition) is 2. The summed E-state index contributed by atoms with van der Waals surface area (Å²) < 4.78 is 0. The largest absolute Gasteiger partial charge is 0.328 e. The van der Waals surface area contributed by atoms with E-state index in [-0.39, 0.29) is 11.9 Å². The minimum Gasteiger partial charge on any atom is -0.328 e. The van der Waals surface area contributed by atoms with Gasteiger partial charge in [-0.3, -0.25) is 10.1 Å². The first-order valence-corrected chi connectivity index (χ1v) is 6.75. The molecule has 2 aliphatic rings. The Labute approximate surface area is 108 Å². The molecule has 2 fully saturated rings. The van der Waals surface area contributed by atoms with E-state index in [0.717, 1.165) is 12.1 Å². The lowest BCUT2D eigenvalue weighted by Crippen LogP contribution is -2.41. The highest BCUT2D eigenvalue weighted by Gasteiger charge is 2.39. The average Bonchev–Trinajstić information content (AvgIpc) is 2.70. The molecule has 3 heteroatoms. The molecule has 0 bridgehead atoms. The Hall–Kier alpha value is -1.35. The summed E-state index contributed by atoms with van der Waals surface area (Å²) in [7, 11) is 0. The summed E-state index contributed by atoms with van der Waals surface area (Å²) >= 11 is 0. The lowest BCUT2D eigenvalue weighted by molar-refractivity contribution is -0.131. The predicted octanol–water partition coefficient (Wildman–Crippen LogP) is 2.31. The van der Waals surface area contributed by atoms with Crippen molar-refractivity contribution in [1.29, 1.82) is 0 Å². The van der Waals surface area contributed by atoms with Gasteiger partial charge < -0.3 is 4.90 Å². The van der Waals surface area contributed by atoms with Crippen molar-refractivity contribution in [2.75, 3.05) is 13.2 Å². The smallest absolute Gasteiger partial charge is 0.245 e. The summed E-state index contributed by atoms with van der Waals surface area (Å²) in [5.74, 6) is 0.231. The van der Waals surface area contributed by atoms with Crippen LogP contribution in [0.5, 0.6) is 0 Å². The van der Waals surface area contributed by atoms with Crippen LogP contribution in [-0.2, 0) is 4.79 Å². The number of nitrogens with zero attached hydrogens (tertiary/aromatic N) is 1. The fraction of sp³-hybridized carbons (Fsp3) is 0.533. The molecule has 1 aliphatic carbocycles. The fourth-order valence-corrected chi connectivity index (χ4v) is 2.99. The van der Waals surface area contributed by atoms with Crippen LogP contribution in [0.25, 0.3) is 0 Å². The quantitative estimate of drug-likeness (QED) is 0.885. The normalized spacial score (nSPS) is 26.2. The molecule has 1 saturated heterocycles. The lowest BCUT2D eigenvalue weighted by atomic mass is 9.70. The summed E-state index contributed by atoms with van der Waals surface area (Å²) in [6, 6.07) is 9.85. The van der Waals surface area contributed by atoms with Crippen LogP contribution in [0.3, 0.4) is 0 Å². The molecule has 3 rings (SSSR count). The van der Waals surface area contributed by atoms with Gasteiger partial charge in [-0.2, -0.15) is 0 Å². The minimum atomic E-state index is -0.144. The Morgan fingerprint density at radius 1 is 1.33 bits per heavy atom. The Morgan fingerprint density at radius 2 is 2.06 bits per heavy atom. The van der Waals surface area contributed by atoms with Crippen molar-refractivity contribution in [3.63, 3.8) is 0 Å². The van der Waals surface area contributed by atoms with E-state index >= 15 is 0 Å². The van der Waals surface area contributed by atoms with Crippen LogP contribution in [-0.4, -0.2) is 24.0 Å². The second kappa shape index (κ2) is 4.39. The van der Waals surface area contributed by atoms with E-state index in [1.54, 1.807) is 0 Å². The second-order valence-electron chi connectivity index (χ2n) is 5.91. The van der Waals surface area contributed by atoms with Crippen molar-refractivity contribution in [2.45, 2.75) is 32.2 Å². The molecule has 1 saturated carbocycles. The molecule has 1 atom stereocenters. The number of amides is 1. The van der Waals surface area contributed by atoms with Crippen molar-refractivity contribution in [1.82, 2.24) is 10.2 Å². The summed E-state index contributed by atoms with van der Waals surface area (Å²) in [5, 5.41) is 3.32. The van der Waals surface area contributed by atoms with E-state index in [0.29, 0.717) is 12.1 Å². The third kappa shape index (κ3) is 2.03. The maximum Gasteiger partial charge on any atom is 0.245 e. The predicted molar refractivity (Wildman–Crippen MR) is 70.9 cm³/mol. The Kier molecular flexibility index (Phi) is 2.86. The molecule has 1 aliphatic heterocycles. The molecule has 96 valence electrons. The van der Waals surface area contributed by atoms with Crippen molar-refractivity contribution in [2.24, 2.45) is 5.41 Å². The first-order chi connectivity index (χ1) is 8.68. The van der Waals surface area contributed by atoms with Gasteiger partial charge in [-0.15, -0.1) is 0 Å². The van der Waals surface area contributed by atoms with Gasteiger partial charge >= 0.3 is 0 Å². The minimum absolute atomic E-state index is 0.144. The molecule has 1 N–H and O–H groups in total. The molecule has 1 unspecified atom stereocenters. The van der Waals surface area contributed by atoms with Gasteiger partial charge in [-0.05, 0) is 23.8 Å². The van der Waals surface area contributed by atoms with Gasteiger partial charge in [-0.25, -0.2) is 0 Å². The third-order valence-corrected chi connectivity index (χ3v) is 4.31. The van der Waals surface area contributed by atoms with Crippen LogP contribution >= 0.6 is 0 Å². The molecule has 1 heterocycles. The number of hydrogen-bond donors (Lipinski definition) is 1. The van der Waals surface area contributed by atoms with Gasteiger partial charge in [0.15, 0.2) is 0 Å². The molecule has 3 nitrogen and oxygen atoms in total. The number of rotatable bonds is 3. The molecule has 18 heavy (non-hydrogen) atoms. The average molecular weight is 244 g/mol. The Bertz CT molecular complexity index is 439. The van der Waals surface area contributed by atoms with Gasteiger partial charge in [0.2, 0.25) is 5.91 Å². The molecule has 1 aromatic rings. The highest BCUT2D eigenvalue weighted by Crippen LogP contribution is 2.41. The van der Waals surface area contributed by atoms with Gasteiger partial charge in [-0.1, -0.05) is 43.7 Å². The van der Waals surface area contributed by atoms with E-state index < -0.39 is 0 Å². The molecular weight excluding hydrogens is 224 g/mol. The molecule has 0 radical (unpaired) electrons. The van der Waals surface area contributed by atoms with Gasteiger partial charge in [0.25, 0.3) is 0 Å². The van der Waals surface area contributed by atoms with E-state index in [4.69, 9.17) is 0 Å². The first-order valence-electron chi connectivity index (χ1n) is 6.75. The summed E-state index contributed by atoms with van der Waals surface area (Å²) in [6.45, 7) is 3.88. The van der Waals surface area contributed by atoms with Crippen LogP contribution in [0.4, 0.5) is 0 Å². The summed E-state index contributed by atoms with van der Waals surface area (Å²) in [5.41, 5.74) is 1.44. The maximum atomic E-state index is 12.4. The Balaban J connectivity index is 1.69. The van der Waals surface area contributed by atoms with Crippen molar-refractivity contribution >= 4 is 5.91 Å². The lowest BCUT2D eigenvalue weighted by Gasteiger charge is -2.41. The standard InChI is InChI=1S/C15H20N2O/c1-15(8-5-9-15)10-17-11-16-13(14(17)18)12-6-3-2-4-7-12/h2-4,6-7,13,16H,5,8-11H2,1H3. The third-order valence-electron chi connectivity index (χ3n) is 4.31. The van der Waals surface area contributed by atoms with Crippen LogP contribution < -0.4 is 5.32 Å². The van der Waals surface area contributed by atoms with Gasteiger partial charge in [0.05, 0.1) is 6.67 Å². The topological polar surface area (TPSA) is 32.3 Å². The van der Waals surface area contributed by atoms with Crippen molar-refractivity contribution in [3.8, 4) is 0 Å². The van der Waals surface area contributed by atoms with Crippen molar-refractivity contribution < 1.29 is 4.79 Å². The molecule has 1 amide bonds. The zero-order valence-corrected chi connectivity index (χ0v) is 10.9. The van der Waals surface area contributed by atoms with Crippen LogP contribution in [0.1, 0.15) is 37.8 Å². The maximum absolute atomic E-state index is 12.4. The number of benzene rings is 1. The summed E-state index contributed by atoms with van der Waals surface area (Å²) in [4.78, 5) is 14.4. The highest BCUT2D eigenvalue weighted by molar-refractivity contribution is 5.85. The number of carbonyl (C=O) groups excluding carboxylic acids is 1. The molecule has 1 aromatic carbocycles. The highest BCUT2D eigenvalue weighted by atomic mass is 16.2. The molecular formula is C15H20N2O. The van der Waals surface area contributed by atoms with E-state index in [2.05, 4.69) is 12.2 Å². The fourth-order valence-electron chi connectivity index (χ4n) is 2.99. The monoisotopic (exact) mass is 244 g/mol. The van der Waals surface area contributed by atoms with E-state index in [1.165, 1.54) is 19.3 Å². The zero-order valence-electron chi connectivity index (χ0n) is 10.9. The van der Waals surface area contributed by atoms with Crippen LogP contribution in [0.2, 0.25) is 0 Å². The zero-order chi connectivity index (χ0) is 12.6. The first kappa shape index (κ1) is 11.7. The number of nitrogens with one attached hydrogen (secondary N) is 1. The SMILES string of the molecule is CC1(CN2CNC(c3ccccc3)C2=O)CCC1. The second-order valence-corrected chi connectivity index (χ2v) is 5.91. The van der Waals surface area contributed by atoms with Crippen LogP contribution in [0.15, 0.2) is 30.3 Å².